The highest BCUT2D eigenvalue weighted by Crippen LogP contribution is 2.19. The van der Waals surface area contributed by atoms with Gasteiger partial charge in [-0.25, -0.2) is 4.39 Å². The number of hydrogen-bond donors (Lipinski definition) is 1. The second-order valence-electron chi connectivity index (χ2n) is 8.99. The number of halogens is 3. The van der Waals surface area contributed by atoms with E-state index in [9.17, 15) is 18.8 Å². The minimum Gasteiger partial charge on any atom is -0.387 e. The molecule has 212 valence electrons. The predicted octanol–water partition coefficient (Wildman–Crippen LogP) is 5.89. The first-order valence-electron chi connectivity index (χ1n) is 12.6. The number of amidine groups is 1. The molecule has 1 saturated heterocycles. The van der Waals surface area contributed by atoms with E-state index in [0.29, 0.717) is 34.3 Å². The van der Waals surface area contributed by atoms with Crippen molar-refractivity contribution in [3.8, 4) is 0 Å². The van der Waals surface area contributed by atoms with E-state index in [0.717, 1.165) is 19.3 Å². The summed E-state index contributed by atoms with van der Waals surface area (Å²) in [7, 11) is 1.71. The van der Waals surface area contributed by atoms with Crippen molar-refractivity contribution in [3.63, 3.8) is 0 Å². The average Bonchev–Trinajstić information content (AvgIpc) is 3.45. The van der Waals surface area contributed by atoms with Crippen LogP contribution in [0, 0.1) is 5.82 Å². The third kappa shape index (κ3) is 10.4. The zero-order valence-corrected chi connectivity index (χ0v) is 24.2. The van der Waals surface area contributed by atoms with Crippen molar-refractivity contribution in [1.82, 2.24) is 9.80 Å². The van der Waals surface area contributed by atoms with Crippen LogP contribution in [0.2, 0.25) is 10.0 Å². The molecule has 3 amide bonds. The maximum atomic E-state index is 12.4. The number of nitrogens with two attached hydrogens (primary N) is 1. The van der Waals surface area contributed by atoms with E-state index in [1.165, 1.54) is 24.6 Å². The number of aliphatic imine (C=N–C) groups is 1. The Kier molecular flexibility index (Phi) is 13.3. The van der Waals surface area contributed by atoms with Gasteiger partial charge >= 0.3 is 0 Å². The van der Waals surface area contributed by atoms with Gasteiger partial charge in [-0.3, -0.25) is 14.4 Å². The predicted molar refractivity (Wildman–Crippen MR) is 158 cm³/mol. The molecule has 1 fully saturated rings. The Labute approximate surface area is 244 Å². The van der Waals surface area contributed by atoms with Crippen molar-refractivity contribution >= 4 is 47.3 Å². The number of benzene rings is 3. The van der Waals surface area contributed by atoms with Crippen LogP contribution in [-0.4, -0.2) is 60.0 Å². The Bertz CT molecular complexity index is 1280. The zero-order chi connectivity index (χ0) is 29.7. The van der Waals surface area contributed by atoms with Gasteiger partial charge in [0.25, 0.3) is 11.8 Å². The van der Waals surface area contributed by atoms with Crippen LogP contribution >= 0.6 is 23.2 Å². The molecule has 0 saturated carbocycles. The summed E-state index contributed by atoms with van der Waals surface area (Å²) in [4.78, 5) is 41.9. The quantitative estimate of drug-likeness (QED) is 0.229. The van der Waals surface area contributed by atoms with Gasteiger partial charge in [-0.1, -0.05) is 54.4 Å². The lowest BCUT2D eigenvalue weighted by atomic mass is 10.1. The maximum Gasteiger partial charge on any atom is 0.278 e. The first-order chi connectivity index (χ1) is 19.0. The summed E-state index contributed by atoms with van der Waals surface area (Å²) in [5.74, 6) is -0.507. The van der Waals surface area contributed by atoms with Gasteiger partial charge in [0.2, 0.25) is 6.41 Å². The number of nitrogens with zero attached hydrogens (tertiary/aromatic N) is 3. The fraction of sp³-hybridized carbons (Fsp3) is 0.267. The second kappa shape index (κ2) is 16.4. The fourth-order valence-corrected chi connectivity index (χ4v) is 3.94. The summed E-state index contributed by atoms with van der Waals surface area (Å²) in [5.41, 5.74) is 7.44. The maximum absolute atomic E-state index is 12.4. The molecular weight excluding hydrogens is 554 g/mol. The Morgan fingerprint density at radius 3 is 2.05 bits per heavy atom. The van der Waals surface area contributed by atoms with Crippen LogP contribution in [0.5, 0.6) is 0 Å². The molecule has 10 heteroatoms. The lowest BCUT2D eigenvalue weighted by Gasteiger charge is -2.20. The molecule has 3 aromatic rings. The van der Waals surface area contributed by atoms with Gasteiger partial charge in [-0.05, 0) is 73.9 Å². The lowest BCUT2D eigenvalue weighted by molar-refractivity contribution is -0.118. The third-order valence-corrected chi connectivity index (χ3v) is 6.75. The summed E-state index contributed by atoms with van der Waals surface area (Å²) in [6, 6.07) is 20.2. The number of likely N-dealkylation sites (tertiary alicyclic amines) is 1. The standard InChI is InChI=1S/C16H20N4O3.C8H9F.C6H4Cl2/c1-11(17)18-15(22)12-3-5-13(6-4-12)16(23)20-8-7-14(9-20)19(2)10-21;1-2-7-3-5-8(9)6-4-7;7-5-3-1-2-4-6(5)8/h3-6,10,14H,7-9H2,1-2H3,(H2,17,18,22);3-6H,2H2,1H3;1-4H. The first kappa shape index (κ1) is 32.5. The molecular formula is C30H33Cl2FN4O3. The van der Waals surface area contributed by atoms with Crippen molar-refractivity contribution in [2.45, 2.75) is 32.7 Å². The highest BCUT2D eigenvalue weighted by atomic mass is 35.5. The molecule has 0 aromatic heterocycles. The summed E-state index contributed by atoms with van der Waals surface area (Å²) in [5, 5.41) is 1.21. The number of aryl methyl sites for hydroxylation is 1. The second-order valence-corrected chi connectivity index (χ2v) is 9.81. The van der Waals surface area contributed by atoms with Gasteiger partial charge < -0.3 is 15.5 Å². The van der Waals surface area contributed by atoms with E-state index in [2.05, 4.69) is 4.99 Å². The Hall–Kier alpha value is -3.75. The largest absolute Gasteiger partial charge is 0.387 e. The molecule has 2 N–H and O–H groups in total. The molecule has 0 bridgehead atoms. The monoisotopic (exact) mass is 586 g/mol. The number of likely N-dealkylation sites (N-methyl/N-ethyl adjacent to an activating group) is 1. The molecule has 1 heterocycles. The topological polar surface area (TPSA) is 96.1 Å². The molecule has 0 aliphatic carbocycles. The van der Waals surface area contributed by atoms with E-state index in [4.69, 9.17) is 28.9 Å². The molecule has 1 unspecified atom stereocenters. The lowest BCUT2D eigenvalue weighted by Crippen LogP contribution is -2.35. The van der Waals surface area contributed by atoms with Gasteiger partial charge in [0.05, 0.1) is 16.1 Å². The molecule has 40 heavy (non-hydrogen) atoms. The van der Waals surface area contributed by atoms with Crippen molar-refractivity contribution in [2.24, 2.45) is 10.7 Å². The fourth-order valence-electron chi connectivity index (χ4n) is 3.67. The van der Waals surface area contributed by atoms with Crippen LogP contribution < -0.4 is 5.73 Å². The molecule has 0 radical (unpaired) electrons. The Morgan fingerprint density at radius 1 is 1.02 bits per heavy atom. The van der Waals surface area contributed by atoms with Crippen molar-refractivity contribution < 1.29 is 18.8 Å². The first-order valence-corrected chi connectivity index (χ1v) is 13.4. The summed E-state index contributed by atoms with van der Waals surface area (Å²) in [6.45, 7) is 4.72. The Balaban J connectivity index is 0.000000267. The van der Waals surface area contributed by atoms with Gasteiger partial charge in [-0.15, -0.1) is 0 Å². The number of carbonyl (C=O) groups is 3. The molecule has 4 rings (SSSR count). The van der Waals surface area contributed by atoms with Crippen LogP contribution in [0.3, 0.4) is 0 Å². The van der Waals surface area contributed by atoms with E-state index in [1.807, 2.05) is 19.1 Å². The van der Waals surface area contributed by atoms with E-state index < -0.39 is 5.91 Å². The molecule has 1 aliphatic heterocycles. The SMILES string of the molecule is CC(N)=NC(=O)c1ccc(C(=O)N2CCC(N(C)C=O)C2)cc1.CCc1ccc(F)cc1.Clc1ccccc1Cl. The number of hydrogen-bond acceptors (Lipinski definition) is 3. The number of rotatable bonds is 5. The van der Waals surface area contributed by atoms with E-state index in [1.54, 1.807) is 65.4 Å². The molecule has 1 atom stereocenters. The van der Waals surface area contributed by atoms with Crippen molar-refractivity contribution in [1.29, 1.82) is 0 Å². The number of carbonyl (C=O) groups excluding carboxylic acids is 3. The van der Waals surface area contributed by atoms with Crippen molar-refractivity contribution in [3.05, 3.63) is 105 Å². The summed E-state index contributed by atoms with van der Waals surface area (Å²) >= 11 is 11.2. The highest BCUT2D eigenvalue weighted by Gasteiger charge is 2.29. The van der Waals surface area contributed by atoms with Crippen LogP contribution in [0.1, 0.15) is 46.5 Å². The minimum absolute atomic E-state index is 0.0548. The van der Waals surface area contributed by atoms with Crippen molar-refractivity contribution in [2.75, 3.05) is 20.1 Å². The van der Waals surface area contributed by atoms with Gasteiger partial charge in [0.1, 0.15) is 11.7 Å². The van der Waals surface area contributed by atoms with Crippen LogP contribution in [0.4, 0.5) is 4.39 Å². The Morgan fingerprint density at radius 2 is 1.57 bits per heavy atom. The highest BCUT2D eigenvalue weighted by molar-refractivity contribution is 6.41. The van der Waals surface area contributed by atoms with Crippen LogP contribution in [-0.2, 0) is 11.2 Å². The average molecular weight is 588 g/mol. The molecule has 0 spiro atoms. The third-order valence-electron chi connectivity index (χ3n) is 6.00. The summed E-state index contributed by atoms with van der Waals surface area (Å²) < 4.78 is 12.2. The minimum atomic E-state index is -0.433. The number of amides is 3. The van der Waals surface area contributed by atoms with E-state index in [-0.39, 0.29) is 23.6 Å². The molecule has 3 aromatic carbocycles. The molecule has 7 nitrogen and oxygen atoms in total. The van der Waals surface area contributed by atoms with Gasteiger partial charge in [0.15, 0.2) is 0 Å². The van der Waals surface area contributed by atoms with Crippen LogP contribution in [0.25, 0.3) is 0 Å². The normalized spacial score (nSPS) is 14.3. The van der Waals surface area contributed by atoms with Crippen LogP contribution in [0.15, 0.2) is 77.8 Å². The van der Waals surface area contributed by atoms with E-state index >= 15 is 0 Å². The smallest absolute Gasteiger partial charge is 0.278 e. The molecule has 1 aliphatic rings. The van der Waals surface area contributed by atoms with Gasteiger partial charge in [0, 0.05) is 31.3 Å². The van der Waals surface area contributed by atoms with Gasteiger partial charge in [-0.2, -0.15) is 4.99 Å². The summed E-state index contributed by atoms with van der Waals surface area (Å²) in [6.07, 6.45) is 2.52. The zero-order valence-electron chi connectivity index (χ0n) is 22.7.